The molecule has 3 heteroatoms. The van der Waals surface area contributed by atoms with Crippen LogP contribution in [0.5, 0.6) is 0 Å². The Morgan fingerprint density at radius 1 is 1.46 bits per heavy atom. The molecule has 2 bridgehead atoms. The van der Waals surface area contributed by atoms with E-state index in [-0.39, 0.29) is 5.91 Å². The van der Waals surface area contributed by atoms with Crippen molar-refractivity contribution in [2.45, 2.75) is 12.8 Å². The van der Waals surface area contributed by atoms with Crippen molar-refractivity contribution in [1.29, 1.82) is 0 Å². The number of piperidine rings is 2. The van der Waals surface area contributed by atoms with Crippen LogP contribution < -0.4 is 5.32 Å². The number of fused-ring (bicyclic) bond motifs is 2. The first-order valence-corrected chi connectivity index (χ1v) is 5.10. The molecule has 1 aliphatic carbocycles. The van der Waals surface area contributed by atoms with Crippen LogP contribution in [0.3, 0.4) is 0 Å². The van der Waals surface area contributed by atoms with Gasteiger partial charge >= 0.3 is 0 Å². The van der Waals surface area contributed by atoms with Crippen LogP contribution in [0.2, 0.25) is 0 Å². The molecule has 0 aromatic heterocycles. The molecule has 2 atom stereocenters. The molecule has 0 spiro atoms. The van der Waals surface area contributed by atoms with Crippen molar-refractivity contribution in [2.75, 3.05) is 27.2 Å². The fourth-order valence-electron chi connectivity index (χ4n) is 2.87. The number of hydrogen-bond acceptors (Lipinski definition) is 2. The van der Waals surface area contributed by atoms with Crippen molar-refractivity contribution < 1.29 is 4.79 Å². The highest BCUT2D eigenvalue weighted by molar-refractivity contribution is 5.76. The molecular weight excluding hydrogens is 164 g/mol. The summed E-state index contributed by atoms with van der Waals surface area (Å²) in [5.74, 6) is 2.47. The summed E-state index contributed by atoms with van der Waals surface area (Å²) in [6.07, 6.45) is 2.10. The minimum Gasteiger partial charge on any atom is -0.359 e. The van der Waals surface area contributed by atoms with E-state index in [2.05, 4.69) is 17.3 Å². The molecule has 3 nitrogen and oxygen atoms in total. The molecule has 0 aromatic carbocycles. The lowest BCUT2D eigenvalue weighted by Gasteiger charge is -2.52. The molecule has 2 heterocycles. The van der Waals surface area contributed by atoms with Gasteiger partial charge in [0.25, 0.3) is 0 Å². The largest absolute Gasteiger partial charge is 0.359 e. The van der Waals surface area contributed by atoms with E-state index in [0.717, 1.165) is 18.3 Å². The van der Waals surface area contributed by atoms with Gasteiger partial charge in [0.05, 0.1) is 0 Å². The lowest BCUT2D eigenvalue weighted by atomic mass is 9.60. The molecule has 1 amide bonds. The second-order valence-electron chi connectivity index (χ2n) is 4.52. The van der Waals surface area contributed by atoms with Crippen molar-refractivity contribution in [3.63, 3.8) is 0 Å². The minimum absolute atomic E-state index is 0.212. The van der Waals surface area contributed by atoms with Gasteiger partial charge in [-0.15, -0.1) is 0 Å². The van der Waals surface area contributed by atoms with Crippen molar-refractivity contribution in [3.8, 4) is 0 Å². The Balaban J connectivity index is 1.87. The summed E-state index contributed by atoms with van der Waals surface area (Å²) in [5, 5.41) is 2.71. The fraction of sp³-hybridized carbons (Fsp3) is 0.900. The first-order chi connectivity index (χ1) is 6.20. The molecule has 0 radical (unpaired) electrons. The third kappa shape index (κ3) is 1.57. The maximum atomic E-state index is 11.2. The van der Waals surface area contributed by atoms with E-state index < -0.39 is 0 Å². The summed E-state index contributed by atoms with van der Waals surface area (Å²) < 4.78 is 0. The topological polar surface area (TPSA) is 32.3 Å². The Morgan fingerprint density at radius 3 is 2.62 bits per heavy atom. The standard InChI is InChI=1S/C10H18N2O/c1-11-10(13)4-9-7-3-8(9)6-12(2)5-7/h7-9H,3-6H2,1-2H3,(H,11,13). The number of amides is 1. The molecule has 74 valence electrons. The van der Waals surface area contributed by atoms with E-state index in [1.54, 1.807) is 7.05 Å². The Kier molecular flexibility index (Phi) is 2.28. The van der Waals surface area contributed by atoms with E-state index >= 15 is 0 Å². The summed E-state index contributed by atoms with van der Waals surface area (Å²) in [4.78, 5) is 13.6. The Bertz CT molecular complexity index is 205. The third-order valence-corrected chi connectivity index (χ3v) is 3.61. The SMILES string of the molecule is CNC(=O)CC1C2CC1CN(C)C2. The lowest BCUT2D eigenvalue weighted by Crippen LogP contribution is -2.54. The van der Waals surface area contributed by atoms with Gasteiger partial charge in [0.15, 0.2) is 0 Å². The number of hydrogen-bond donors (Lipinski definition) is 1. The van der Waals surface area contributed by atoms with E-state index in [4.69, 9.17) is 0 Å². The zero-order chi connectivity index (χ0) is 9.42. The van der Waals surface area contributed by atoms with E-state index in [0.29, 0.717) is 5.92 Å². The van der Waals surface area contributed by atoms with Gasteiger partial charge in [-0.2, -0.15) is 0 Å². The molecule has 1 saturated carbocycles. The van der Waals surface area contributed by atoms with Gasteiger partial charge in [-0.3, -0.25) is 4.79 Å². The van der Waals surface area contributed by atoms with Gasteiger partial charge in [0.2, 0.25) is 5.91 Å². The van der Waals surface area contributed by atoms with Crippen molar-refractivity contribution in [3.05, 3.63) is 0 Å². The van der Waals surface area contributed by atoms with Crippen LogP contribution in [0, 0.1) is 17.8 Å². The molecule has 3 fully saturated rings. The molecule has 1 N–H and O–H groups in total. The highest BCUT2D eigenvalue weighted by Crippen LogP contribution is 2.46. The van der Waals surface area contributed by atoms with Crippen molar-refractivity contribution in [1.82, 2.24) is 10.2 Å². The zero-order valence-corrected chi connectivity index (χ0v) is 8.42. The fourth-order valence-corrected chi connectivity index (χ4v) is 2.87. The van der Waals surface area contributed by atoms with Gasteiger partial charge < -0.3 is 10.2 Å². The summed E-state index contributed by atoms with van der Waals surface area (Å²) in [5.41, 5.74) is 0. The Hall–Kier alpha value is -0.570. The van der Waals surface area contributed by atoms with Gasteiger partial charge in [-0.25, -0.2) is 0 Å². The molecule has 2 aliphatic heterocycles. The number of carbonyl (C=O) groups excluding carboxylic acids is 1. The van der Waals surface area contributed by atoms with Crippen LogP contribution >= 0.6 is 0 Å². The summed E-state index contributed by atoms with van der Waals surface area (Å²) >= 11 is 0. The zero-order valence-electron chi connectivity index (χ0n) is 8.42. The average Bonchev–Trinajstić information content (AvgIpc) is 2.13. The van der Waals surface area contributed by atoms with Crippen LogP contribution in [0.15, 0.2) is 0 Å². The average molecular weight is 182 g/mol. The lowest BCUT2D eigenvalue weighted by molar-refractivity contribution is -0.126. The predicted octanol–water partition coefficient (Wildman–Crippen LogP) is 0.320. The predicted molar refractivity (Wildman–Crippen MR) is 51.3 cm³/mol. The Labute approximate surface area is 79.5 Å². The van der Waals surface area contributed by atoms with Gasteiger partial charge in [-0.05, 0) is 31.2 Å². The first kappa shape index (κ1) is 9.00. The van der Waals surface area contributed by atoms with Crippen LogP contribution in [-0.2, 0) is 4.79 Å². The van der Waals surface area contributed by atoms with E-state index in [1.807, 2.05) is 0 Å². The number of rotatable bonds is 2. The van der Waals surface area contributed by atoms with Crippen molar-refractivity contribution in [2.24, 2.45) is 17.8 Å². The summed E-state index contributed by atoms with van der Waals surface area (Å²) in [7, 11) is 3.90. The molecule has 0 aromatic rings. The summed E-state index contributed by atoms with van der Waals surface area (Å²) in [6, 6.07) is 0. The van der Waals surface area contributed by atoms with E-state index in [1.165, 1.54) is 19.5 Å². The maximum Gasteiger partial charge on any atom is 0.220 e. The monoisotopic (exact) mass is 182 g/mol. The number of carbonyl (C=O) groups is 1. The third-order valence-electron chi connectivity index (χ3n) is 3.61. The first-order valence-electron chi connectivity index (χ1n) is 5.10. The second-order valence-corrected chi connectivity index (χ2v) is 4.52. The highest BCUT2D eigenvalue weighted by atomic mass is 16.1. The quantitative estimate of drug-likeness (QED) is 0.667. The number of nitrogens with zero attached hydrogens (tertiary/aromatic N) is 1. The normalized spacial score (nSPS) is 38.2. The highest BCUT2D eigenvalue weighted by Gasteiger charge is 2.45. The van der Waals surface area contributed by atoms with Gasteiger partial charge in [0.1, 0.15) is 0 Å². The van der Waals surface area contributed by atoms with Gasteiger partial charge in [-0.1, -0.05) is 0 Å². The van der Waals surface area contributed by atoms with Crippen LogP contribution in [0.1, 0.15) is 12.8 Å². The summed E-state index contributed by atoms with van der Waals surface area (Å²) in [6.45, 7) is 2.39. The molecule has 13 heavy (non-hydrogen) atoms. The van der Waals surface area contributed by atoms with E-state index in [9.17, 15) is 4.79 Å². The molecule has 2 unspecified atom stereocenters. The molecule has 3 aliphatic rings. The maximum absolute atomic E-state index is 11.2. The number of nitrogens with one attached hydrogen (secondary N) is 1. The Morgan fingerprint density at radius 2 is 2.08 bits per heavy atom. The minimum atomic E-state index is 0.212. The molecule has 3 rings (SSSR count). The smallest absolute Gasteiger partial charge is 0.220 e. The second kappa shape index (κ2) is 3.29. The van der Waals surface area contributed by atoms with Crippen LogP contribution in [0.4, 0.5) is 0 Å². The van der Waals surface area contributed by atoms with Crippen molar-refractivity contribution >= 4 is 5.91 Å². The van der Waals surface area contributed by atoms with Crippen LogP contribution in [-0.4, -0.2) is 38.0 Å². The van der Waals surface area contributed by atoms with Crippen LogP contribution in [0.25, 0.3) is 0 Å². The molecule has 2 saturated heterocycles. The van der Waals surface area contributed by atoms with Gasteiger partial charge in [0, 0.05) is 26.6 Å². The molecular formula is C10H18N2O.